The van der Waals surface area contributed by atoms with Crippen molar-refractivity contribution in [3.05, 3.63) is 131 Å². The Hall–Kier alpha value is -3.90. The highest BCUT2D eigenvalue weighted by Crippen LogP contribution is 2.39. The molecule has 0 saturated heterocycles. The molecule has 0 aliphatic heterocycles. The summed E-state index contributed by atoms with van der Waals surface area (Å²) >= 11 is 0. The zero-order chi connectivity index (χ0) is 23.1. The predicted octanol–water partition coefficient (Wildman–Crippen LogP) is 9.55. The van der Waals surface area contributed by atoms with Crippen LogP contribution in [0.15, 0.2) is 103 Å². The monoisotopic (exact) mass is 436 g/mol. The Kier molecular flexibility index (Phi) is 5.15. The minimum absolute atomic E-state index is 0.943. The van der Waals surface area contributed by atoms with Gasteiger partial charge in [0.25, 0.3) is 0 Å². The fraction of sp³-hybridized carbons (Fsp3) is 0.118. The van der Waals surface area contributed by atoms with Crippen LogP contribution < -0.4 is 0 Å². The molecule has 2 aliphatic carbocycles. The Morgan fingerprint density at radius 1 is 0.588 bits per heavy atom. The normalized spacial score (nSPS) is 15.4. The highest BCUT2D eigenvalue weighted by molar-refractivity contribution is 6.15. The van der Waals surface area contributed by atoms with E-state index in [2.05, 4.69) is 123 Å². The molecule has 0 nitrogen and oxygen atoms in total. The van der Waals surface area contributed by atoms with E-state index in [0.717, 1.165) is 12.8 Å². The van der Waals surface area contributed by atoms with Gasteiger partial charge in [0.15, 0.2) is 0 Å². The SMILES string of the molecule is CC1=C(c2ccccc2C)C=CCC=C1c1ccc2c3c(c4ccccc4c2c1)C=CCC=C3. The number of aryl methyl sites for hydroxylation is 1. The van der Waals surface area contributed by atoms with Gasteiger partial charge in [-0.25, -0.2) is 0 Å². The first-order chi connectivity index (χ1) is 16.7. The first-order valence-corrected chi connectivity index (χ1v) is 12.2. The molecule has 164 valence electrons. The number of rotatable bonds is 2. The van der Waals surface area contributed by atoms with Gasteiger partial charge >= 0.3 is 0 Å². The van der Waals surface area contributed by atoms with Crippen molar-refractivity contribution in [3.63, 3.8) is 0 Å². The lowest BCUT2D eigenvalue weighted by Crippen LogP contribution is -1.95. The summed E-state index contributed by atoms with van der Waals surface area (Å²) in [5.41, 5.74) is 10.6. The maximum absolute atomic E-state index is 2.41. The molecule has 0 saturated carbocycles. The van der Waals surface area contributed by atoms with Crippen LogP contribution in [-0.2, 0) is 0 Å². The van der Waals surface area contributed by atoms with Gasteiger partial charge in [0.2, 0.25) is 0 Å². The molecular weight excluding hydrogens is 408 g/mol. The number of allylic oxidation sites excluding steroid dienone is 8. The highest BCUT2D eigenvalue weighted by Gasteiger charge is 2.16. The quantitative estimate of drug-likeness (QED) is 0.274. The lowest BCUT2D eigenvalue weighted by atomic mass is 9.87. The van der Waals surface area contributed by atoms with Gasteiger partial charge in [0, 0.05) is 0 Å². The van der Waals surface area contributed by atoms with E-state index in [-0.39, 0.29) is 0 Å². The van der Waals surface area contributed by atoms with E-state index in [1.807, 2.05) is 0 Å². The molecule has 4 aromatic rings. The topological polar surface area (TPSA) is 0 Å². The van der Waals surface area contributed by atoms with E-state index in [4.69, 9.17) is 0 Å². The van der Waals surface area contributed by atoms with Gasteiger partial charge in [0.1, 0.15) is 0 Å². The summed E-state index contributed by atoms with van der Waals surface area (Å²) in [7, 11) is 0. The average molecular weight is 437 g/mol. The Balaban J connectivity index is 1.60. The van der Waals surface area contributed by atoms with Crippen LogP contribution in [0.5, 0.6) is 0 Å². The first-order valence-electron chi connectivity index (χ1n) is 12.2. The van der Waals surface area contributed by atoms with Crippen LogP contribution in [0.2, 0.25) is 0 Å². The molecule has 0 N–H and O–H groups in total. The van der Waals surface area contributed by atoms with Crippen molar-refractivity contribution in [1.29, 1.82) is 0 Å². The average Bonchev–Trinajstić information content (AvgIpc) is 3.23. The van der Waals surface area contributed by atoms with Gasteiger partial charge in [-0.2, -0.15) is 0 Å². The van der Waals surface area contributed by atoms with Gasteiger partial charge in [-0.3, -0.25) is 0 Å². The van der Waals surface area contributed by atoms with Crippen LogP contribution in [0.4, 0.5) is 0 Å². The molecule has 0 spiro atoms. The third-order valence-corrected chi connectivity index (χ3v) is 7.25. The zero-order valence-corrected chi connectivity index (χ0v) is 19.8. The Labute approximate surface area is 202 Å². The number of hydrogen-bond donors (Lipinski definition) is 0. The molecule has 4 aromatic carbocycles. The van der Waals surface area contributed by atoms with E-state index in [9.17, 15) is 0 Å². The lowest BCUT2D eigenvalue weighted by Gasteiger charge is -2.17. The van der Waals surface area contributed by atoms with Crippen LogP contribution in [0.25, 0.3) is 44.8 Å². The number of hydrogen-bond acceptors (Lipinski definition) is 0. The van der Waals surface area contributed by atoms with Gasteiger partial charge < -0.3 is 0 Å². The second kappa shape index (κ2) is 8.47. The Morgan fingerprint density at radius 2 is 1.26 bits per heavy atom. The molecule has 0 fully saturated rings. The van der Waals surface area contributed by atoms with Crippen molar-refractivity contribution in [3.8, 4) is 0 Å². The number of fused-ring (bicyclic) bond motifs is 6. The summed E-state index contributed by atoms with van der Waals surface area (Å²) in [4.78, 5) is 0. The summed E-state index contributed by atoms with van der Waals surface area (Å²) in [6.45, 7) is 4.48. The molecule has 0 heterocycles. The Morgan fingerprint density at radius 3 is 2.06 bits per heavy atom. The third-order valence-electron chi connectivity index (χ3n) is 7.25. The molecule has 0 unspecified atom stereocenters. The minimum atomic E-state index is 0.943. The predicted molar refractivity (Wildman–Crippen MR) is 150 cm³/mol. The molecule has 0 bridgehead atoms. The molecule has 0 aromatic heterocycles. The lowest BCUT2D eigenvalue weighted by molar-refractivity contribution is 1.40. The van der Waals surface area contributed by atoms with E-state index in [1.54, 1.807) is 0 Å². The fourth-order valence-electron chi connectivity index (χ4n) is 5.52. The molecule has 0 radical (unpaired) electrons. The molecule has 34 heavy (non-hydrogen) atoms. The van der Waals surface area contributed by atoms with Crippen molar-refractivity contribution < 1.29 is 0 Å². The van der Waals surface area contributed by atoms with E-state index in [0.29, 0.717) is 0 Å². The summed E-state index contributed by atoms with van der Waals surface area (Å²) in [5, 5.41) is 5.31. The van der Waals surface area contributed by atoms with Crippen molar-refractivity contribution in [2.24, 2.45) is 0 Å². The highest BCUT2D eigenvalue weighted by atomic mass is 14.2. The van der Waals surface area contributed by atoms with Crippen molar-refractivity contribution >= 4 is 44.8 Å². The van der Waals surface area contributed by atoms with E-state index < -0.39 is 0 Å². The maximum atomic E-state index is 2.41. The minimum Gasteiger partial charge on any atom is -0.0801 e. The first kappa shape index (κ1) is 20.7. The van der Waals surface area contributed by atoms with Crippen LogP contribution in [-0.4, -0.2) is 0 Å². The molecule has 2 aliphatic rings. The smallest absolute Gasteiger partial charge is 0.00928 e. The molecular formula is C34H28. The summed E-state index contributed by atoms with van der Waals surface area (Å²) in [5.74, 6) is 0. The molecule has 0 heteroatoms. The summed E-state index contributed by atoms with van der Waals surface area (Å²) < 4.78 is 0. The second-order valence-electron chi connectivity index (χ2n) is 9.28. The van der Waals surface area contributed by atoms with Crippen molar-refractivity contribution in [2.45, 2.75) is 26.7 Å². The van der Waals surface area contributed by atoms with Gasteiger partial charge in [-0.05, 0) is 98.8 Å². The zero-order valence-electron chi connectivity index (χ0n) is 19.8. The van der Waals surface area contributed by atoms with E-state index >= 15 is 0 Å². The van der Waals surface area contributed by atoms with Crippen molar-refractivity contribution in [2.75, 3.05) is 0 Å². The van der Waals surface area contributed by atoms with Gasteiger partial charge in [-0.15, -0.1) is 0 Å². The van der Waals surface area contributed by atoms with Gasteiger partial charge in [0.05, 0.1) is 0 Å². The number of benzene rings is 4. The van der Waals surface area contributed by atoms with Crippen LogP contribution in [0.3, 0.4) is 0 Å². The molecule has 0 atom stereocenters. The standard InChI is InChI=1S/C34H28/c1-23-12-6-7-13-26(23)28-15-9-8-14-27(24(28)2)25-20-21-33-31-17-5-3-4-16-29(31)30-18-10-11-19-32(30)34(33)22-25/h4-7,9-22H,3,8H2,1-2H3. The van der Waals surface area contributed by atoms with Crippen LogP contribution >= 0.6 is 0 Å². The molecule has 0 amide bonds. The maximum Gasteiger partial charge on any atom is -0.00928 e. The van der Waals surface area contributed by atoms with E-state index in [1.165, 1.54) is 66.1 Å². The Bertz CT molecular complexity index is 1600. The van der Waals surface area contributed by atoms with Crippen molar-refractivity contribution in [1.82, 2.24) is 0 Å². The molecule has 6 rings (SSSR count). The van der Waals surface area contributed by atoms with Gasteiger partial charge in [-0.1, -0.05) is 103 Å². The van der Waals surface area contributed by atoms with Crippen LogP contribution in [0.1, 0.15) is 47.6 Å². The summed E-state index contributed by atoms with van der Waals surface area (Å²) in [6.07, 6.45) is 18.0. The third kappa shape index (κ3) is 3.38. The largest absolute Gasteiger partial charge is 0.0801 e. The van der Waals surface area contributed by atoms with Crippen LogP contribution in [0, 0.1) is 6.92 Å². The fourth-order valence-corrected chi connectivity index (χ4v) is 5.52. The summed E-state index contributed by atoms with van der Waals surface area (Å²) in [6, 6.07) is 24.6. The second-order valence-corrected chi connectivity index (χ2v) is 9.28.